The second-order valence-corrected chi connectivity index (χ2v) is 1.49. The number of hydrogen-bond donors (Lipinski definition) is 1. The molecule has 0 spiro atoms. The summed E-state index contributed by atoms with van der Waals surface area (Å²) in [6, 6.07) is 0. The van der Waals surface area contributed by atoms with Crippen LogP contribution in [0.1, 0.15) is 6.92 Å². The zero-order valence-electron chi connectivity index (χ0n) is 5.60. The minimum Gasteiger partial charge on any atom is -0.394 e. The molecule has 1 N–H and O–H groups in total. The van der Waals surface area contributed by atoms with E-state index in [-0.39, 0.29) is 0 Å². The SMILES string of the molecule is C/N=C(C)\C=C/NC. The molecule has 0 unspecified atom stereocenters. The average Bonchev–Trinajstić information content (AvgIpc) is 1.83. The van der Waals surface area contributed by atoms with Crippen LogP contribution in [0.25, 0.3) is 0 Å². The van der Waals surface area contributed by atoms with E-state index in [4.69, 9.17) is 0 Å². The van der Waals surface area contributed by atoms with Crippen LogP contribution in [-0.4, -0.2) is 19.8 Å². The van der Waals surface area contributed by atoms with Crippen molar-refractivity contribution >= 4 is 5.71 Å². The Labute approximate surface area is 50.3 Å². The molecule has 0 radical (unpaired) electrons. The summed E-state index contributed by atoms with van der Waals surface area (Å²) in [6.07, 6.45) is 3.77. The molecular weight excluding hydrogens is 100 g/mol. The first kappa shape index (κ1) is 7.21. The van der Waals surface area contributed by atoms with Gasteiger partial charge in [0.25, 0.3) is 0 Å². The molecule has 0 bridgehead atoms. The van der Waals surface area contributed by atoms with Crippen LogP contribution in [0.4, 0.5) is 0 Å². The molecule has 0 atom stereocenters. The van der Waals surface area contributed by atoms with E-state index in [2.05, 4.69) is 10.3 Å². The number of aliphatic imine (C=N–C) groups is 1. The third-order valence-corrected chi connectivity index (χ3v) is 0.844. The van der Waals surface area contributed by atoms with Crippen LogP contribution < -0.4 is 5.32 Å². The number of nitrogens with one attached hydrogen (secondary N) is 1. The van der Waals surface area contributed by atoms with Crippen molar-refractivity contribution in [3.8, 4) is 0 Å². The number of nitrogens with zero attached hydrogens (tertiary/aromatic N) is 1. The molecule has 0 fully saturated rings. The molecule has 2 heteroatoms. The van der Waals surface area contributed by atoms with Gasteiger partial charge in [0.1, 0.15) is 0 Å². The van der Waals surface area contributed by atoms with E-state index in [0.717, 1.165) is 5.71 Å². The van der Waals surface area contributed by atoms with Crippen LogP contribution in [0.3, 0.4) is 0 Å². The number of allylic oxidation sites excluding steroid dienone is 1. The molecule has 0 heterocycles. The highest BCUT2D eigenvalue weighted by molar-refractivity contribution is 5.92. The van der Waals surface area contributed by atoms with Crippen LogP contribution in [-0.2, 0) is 0 Å². The third kappa shape index (κ3) is 3.40. The van der Waals surface area contributed by atoms with E-state index < -0.39 is 0 Å². The Morgan fingerprint density at radius 2 is 2.25 bits per heavy atom. The minimum absolute atomic E-state index is 1.03. The standard InChI is InChI=1S/C6H12N2/c1-6(8-3)4-5-7-2/h4-5,7H,1-3H3/b5-4-,8-6-. The fraction of sp³-hybridized carbons (Fsp3) is 0.500. The van der Waals surface area contributed by atoms with Crippen LogP contribution in [0.5, 0.6) is 0 Å². The Hall–Kier alpha value is -0.790. The van der Waals surface area contributed by atoms with Crippen molar-refractivity contribution < 1.29 is 0 Å². The summed E-state index contributed by atoms with van der Waals surface area (Å²) in [4.78, 5) is 3.92. The Morgan fingerprint density at radius 3 is 2.62 bits per heavy atom. The smallest absolute Gasteiger partial charge is 0.0328 e. The van der Waals surface area contributed by atoms with Crippen LogP contribution in [0.15, 0.2) is 17.3 Å². The molecule has 0 rings (SSSR count). The first-order valence-corrected chi connectivity index (χ1v) is 2.58. The maximum atomic E-state index is 3.92. The molecule has 0 aromatic carbocycles. The highest BCUT2D eigenvalue weighted by Crippen LogP contribution is 1.74. The van der Waals surface area contributed by atoms with Gasteiger partial charge in [0.2, 0.25) is 0 Å². The molecule has 0 aliphatic heterocycles. The van der Waals surface area contributed by atoms with Crippen molar-refractivity contribution in [1.29, 1.82) is 0 Å². The lowest BCUT2D eigenvalue weighted by Gasteiger charge is -1.85. The summed E-state index contributed by atoms with van der Waals surface area (Å²) >= 11 is 0. The fourth-order valence-electron chi connectivity index (χ4n) is 0.278. The molecule has 8 heavy (non-hydrogen) atoms. The molecule has 0 aromatic rings. The van der Waals surface area contributed by atoms with Gasteiger partial charge in [-0.1, -0.05) is 0 Å². The third-order valence-electron chi connectivity index (χ3n) is 0.844. The highest BCUT2D eigenvalue weighted by atomic mass is 14.8. The average molecular weight is 112 g/mol. The molecule has 0 aliphatic carbocycles. The lowest BCUT2D eigenvalue weighted by Crippen LogP contribution is -1.93. The predicted octanol–water partition coefficient (Wildman–Crippen LogP) is 0.810. The Bertz CT molecular complexity index is 103. The molecule has 0 aromatic heterocycles. The van der Waals surface area contributed by atoms with E-state index in [1.807, 2.05) is 26.2 Å². The molecular formula is C6H12N2. The summed E-state index contributed by atoms with van der Waals surface area (Å²) in [6.45, 7) is 1.95. The number of hydrogen-bond acceptors (Lipinski definition) is 2. The predicted molar refractivity (Wildman–Crippen MR) is 37.2 cm³/mol. The van der Waals surface area contributed by atoms with Gasteiger partial charge < -0.3 is 5.32 Å². The molecule has 0 amide bonds. The van der Waals surface area contributed by atoms with Crippen LogP contribution >= 0.6 is 0 Å². The van der Waals surface area contributed by atoms with Crippen molar-refractivity contribution in [3.63, 3.8) is 0 Å². The van der Waals surface area contributed by atoms with Crippen molar-refractivity contribution in [3.05, 3.63) is 12.3 Å². The maximum Gasteiger partial charge on any atom is 0.0328 e. The topological polar surface area (TPSA) is 24.4 Å². The van der Waals surface area contributed by atoms with Gasteiger partial charge in [0.05, 0.1) is 0 Å². The van der Waals surface area contributed by atoms with Gasteiger partial charge in [0.15, 0.2) is 0 Å². The highest BCUT2D eigenvalue weighted by Gasteiger charge is 1.73. The zero-order chi connectivity index (χ0) is 6.41. The van der Waals surface area contributed by atoms with Crippen LogP contribution in [0.2, 0.25) is 0 Å². The van der Waals surface area contributed by atoms with E-state index in [1.165, 1.54) is 0 Å². The van der Waals surface area contributed by atoms with Gasteiger partial charge >= 0.3 is 0 Å². The summed E-state index contributed by atoms with van der Waals surface area (Å²) in [5.41, 5.74) is 1.03. The molecule has 46 valence electrons. The normalized spacial score (nSPS) is 12.6. The van der Waals surface area contributed by atoms with Gasteiger partial charge in [-0.25, -0.2) is 0 Å². The first-order chi connectivity index (χ1) is 3.81. The van der Waals surface area contributed by atoms with Gasteiger partial charge in [-0.15, -0.1) is 0 Å². The van der Waals surface area contributed by atoms with E-state index in [1.54, 1.807) is 7.05 Å². The van der Waals surface area contributed by atoms with E-state index in [9.17, 15) is 0 Å². The Kier molecular flexibility index (Phi) is 3.94. The maximum absolute atomic E-state index is 3.92. The largest absolute Gasteiger partial charge is 0.394 e. The van der Waals surface area contributed by atoms with Crippen molar-refractivity contribution in [2.75, 3.05) is 14.1 Å². The first-order valence-electron chi connectivity index (χ1n) is 2.58. The molecule has 2 nitrogen and oxygen atoms in total. The van der Waals surface area contributed by atoms with Gasteiger partial charge in [-0.2, -0.15) is 0 Å². The summed E-state index contributed by atoms with van der Waals surface area (Å²) in [5, 5.41) is 2.87. The summed E-state index contributed by atoms with van der Waals surface area (Å²) < 4.78 is 0. The van der Waals surface area contributed by atoms with Gasteiger partial charge in [-0.05, 0) is 19.2 Å². The molecule has 0 saturated carbocycles. The van der Waals surface area contributed by atoms with Crippen molar-refractivity contribution in [1.82, 2.24) is 5.32 Å². The van der Waals surface area contributed by atoms with Crippen molar-refractivity contribution in [2.24, 2.45) is 4.99 Å². The fourth-order valence-corrected chi connectivity index (χ4v) is 0.278. The minimum atomic E-state index is 1.03. The summed E-state index contributed by atoms with van der Waals surface area (Å²) in [5.74, 6) is 0. The quantitative estimate of drug-likeness (QED) is 0.525. The van der Waals surface area contributed by atoms with Crippen molar-refractivity contribution in [2.45, 2.75) is 6.92 Å². The van der Waals surface area contributed by atoms with Crippen LogP contribution in [0, 0.1) is 0 Å². The van der Waals surface area contributed by atoms with E-state index in [0.29, 0.717) is 0 Å². The number of rotatable bonds is 2. The van der Waals surface area contributed by atoms with Gasteiger partial charge in [-0.3, -0.25) is 4.99 Å². The second-order valence-electron chi connectivity index (χ2n) is 1.49. The Balaban J connectivity index is 3.53. The van der Waals surface area contributed by atoms with E-state index >= 15 is 0 Å². The second kappa shape index (κ2) is 4.37. The van der Waals surface area contributed by atoms with Gasteiger partial charge in [0, 0.05) is 19.8 Å². The zero-order valence-corrected chi connectivity index (χ0v) is 5.60. The summed E-state index contributed by atoms with van der Waals surface area (Å²) in [7, 11) is 3.63. The monoisotopic (exact) mass is 112 g/mol. The Morgan fingerprint density at radius 1 is 1.62 bits per heavy atom. The lowest BCUT2D eigenvalue weighted by atomic mass is 10.4. The lowest BCUT2D eigenvalue weighted by molar-refractivity contribution is 1.10. The molecule has 0 saturated heterocycles. The molecule has 0 aliphatic rings.